The van der Waals surface area contributed by atoms with Crippen molar-refractivity contribution in [2.24, 2.45) is 0 Å². The maximum Gasteiger partial charge on any atom is 0.0116 e. The first-order valence-electron chi connectivity index (χ1n) is 7.83. The molecule has 23 heavy (non-hydrogen) atoms. The fourth-order valence-corrected chi connectivity index (χ4v) is 2.86. The Balaban J connectivity index is 2.88. The van der Waals surface area contributed by atoms with Crippen molar-refractivity contribution in [2.75, 3.05) is 0 Å². The van der Waals surface area contributed by atoms with Crippen LogP contribution >= 0.6 is 11.8 Å². The Morgan fingerprint density at radius 2 is 1.48 bits per heavy atom. The molecule has 0 unspecified atom stereocenters. The van der Waals surface area contributed by atoms with Crippen LogP contribution in [0.1, 0.15) is 45.7 Å². The molecule has 0 bridgehead atoms. The second-order valence-electron chi connectivity index (χ2n) is 6.23. The Bertz CT molecular complexity index is 675. The standard InChI is InChI=1S/C22H28S/c1-15(2)22(16(3)4)13-18(6)19(7)14-23-20(8)21-11-9-17(5)10-12-21/h9-14H,1,8H2,2-7H3/b18-13+,19-14+. The van der Waals surface area contributed by atoms with E-state index < -0.39 is 0 Å². The molecule has 0 fully saturated rings. The summed E-state index contributed by atoms with van der Waals surface area (Å²) >= 11 is 1.68. The summed E-state index contributed by atoms with van der Waals surface area (Å²) in [5.41, 5.74) is 8.59. The molecule has 1 aromatic rings. The lowest BCUT2D eigenvalue weighted by atomic mass is 9.99. The van der Waals surface area contributed by atoms with Crippen LogP contribution < -0.4 is 0 Å². The average molecular weight is 325 g/mol. The molecule has 0 aliphatic heterocycles. The summed E-state index contributed by atoms with van der Waals surface area (Å²) in [5.74, 6) is 0. The highest BCUT2D eigenvalue weighted by Crippen LogP contribution is 2.29. The highest BCUT2D eigenvalue weighted by Gasteiger charge is 2.02. The average Bonchev–Trinajstić information content (AvgIpc) is 2.49. The third-order valence-electron chi connectivity index (χ3n) is 3.73. The minimum absolute atomic E-state index is 1.07. The van der Waals surface area contributed by atoms with Crippen LogP contribution in [0.4, 0.5) is 0 Å². The first kappa shape index (κ1) is 19.3. The van der Waals surface area contributed by atoms with Crippen LogP contribution in [0.5, 0.6) is 0 Å². The van der Waals surface area contributed by atoms with Gasteiger partial charge in [0.1, 0.15) is 0 Å². The SMILES string of the molecule is C=C(C)C(/C=C(C)/C(C)=C/SC(=C)c1ccc(C)cc1)=C(C)C. The lowest BCUT2D eigenvalue weighted by molar-refractivity contribution is 1.26. The Kier molecular flexibility index (Phi) is 7.38. The molecule has 0 aliphatic rings. The second kappa shape index (κ2) is 8.79. The van der Waals surface area contributed by atoms with Gasteiger partial charge in [-0.15, -0.1) is 0 Å². The van der Waals surface area contributed by atoms with E-state index in [1.165, 1.54) is 33.4 Å². The van der Waals surface area contributed by atoms with E-state index in [9.17, 15) is 0 Å². The van der Waals surface area contributed by atoms with Crippen LogP contribution in [-0.4, -0.2) is 0 Å². The van der Waals surface area contributed by atoms with Gasteiger partial charge >= 0.3 is 0 Å². The lowest BCUT2D eigenvalue weighted by Crippen LogP contribution is -1.87. The molecule has 0 amide bonds. The van der Waals surface area contributed by atoms with Crippen molar-refractivity contribution in [2.45, 2.75) is 41.5 Å². The summed E-state index contributed by atoms with van der Waals surface area (Å²) in [6.45, 7) is 20.9. The highest BCUT2D eigenvalue weighted by molar-refractivity contribution is 8.10. The van der Waals surface area contributed by atoms with Gasteiger partial charge in [-0.3, -0.25) is 0 Å². The molecular weight excluding hydrogens is 296 g/mol. The molecule has 0 atom stereocenters. The van der Waals surface area contributed by atoms with Gasteiger partial charge in [0, 0.05) is 4.91 Å². The quantitative estimate of drug-likeness (QED) is 0.489. The van der Waals surface area contributed by atoms with Crippen molar-refractivity contribution in [3.05, 3.63) is 87.9 Å². The lowest BCUT2D eigenvalue weighted by Gasteiger charge is -2.09. The number of hydrogen-bond donors (Lipinski definition) is 0. The zero-order valence-electron chi connectivity index (χ0n) is 15.3. The van der Waals surface area contributed by atoms with Crippen molar-refractivity contribution in [1.29, 1.82) is 0 Å². The summed E-state index contributed by atoms with van der Waals surface area (Å²) in [6.07, 6.45) is 2.22. The van der Waals surface area contributed by atoms with Gasteiger partial charge in [-0.05, 0) is 69.2 Å². The monoisotopic (exact) mass is 324 g/mol. The second-order valence-corrected chi connectivity index (χ2v) is 7.19. The molecule has 122 valence electrons. The van der Waals surface area contributed by atoms with Crippen LogP contribution in [0, 0.1) is 6.92 Å². The van der Waals surface area contributed by atoms with Gasteiger partial charge in [0.05, 0.1) is 0 Å². The van der Waals surface area contributed by atoms with E-state index in [1.54, 1.807) is 11.8 Å². The molecule has 0 saturated carbocycles. The van der Waals surface area contributed by atoms with E-state index in [4.69, 9.17) is 0 Å². The largest absolute Gasteiger partial charge is 0.0978 e. The van der Waals surface area contributed by atoms with Crippen LogP contribution in [0.2, 0.25) is 0 Å². The van der Waals surface area contributed by atoms with Crippen molar-refractivity contribution >= 4 is 16.7 Å². The molecule has 0 spiro atoms. The number of allylic oxidation sites excluding steroid dienone is 6. The van der Waals surface area contributed by atoms with E-state index in [2.05, 4.69) is 90.4 Å². The Labute approximate surface area is 146 Å². The van der Waals surface area contributed by atoms with E-state index in [0.29, 0.717) is 0 Å². The third-order valence-corrected chi connectivity index (χ3v) is 4.72. The fourth-order valence-electron chi connectivity index (χ4n) is 2.08. The predicted octanol–water partition coefficient (Wildman–Crippen LogP) is 7.46. The van der Waals surface area contributed by atoms with Crippen molar-refractivity contribution < 1.29 is 0 Å². The molecule has 0 aliphatic carbocycles. The molecule has 0 radical (unpaired) electrons. The van der Waals surface area contributed by atoms with Crippen molar-refractivity contribution in [3.8, 4) is 0 Å². The molecule has 1 rings (SSSR count). The summed E-state index contributed by atoms with van der Waals surface area (Å²) in [7, 11) is 0. The van der Waals surface area contributed by atoms with Gasteiger partial charge in [0.15, 0.2) is 0 Å². The zero-order chi connectivity index (χ0) is 17.6. The highest BCUT2D eigenvalue weighted by atomic mass is 32.2. The van der Waals surface area contributed by atoms with Gasteiger partial charge in [0.2, 0.25) is 0 Å². The number of aryl methyl sites for hydroxylation is 1. The molecular formula is C22H28S. The summed E-state index contributed by atoms with van der Waals surface area (Å²) in [4.78, 5) is 1.07. The predicted molar refractivity (Wildman–Crippen MR) is 109 cm³/mol. The fraction of sp³-hybridized carbons (Fsp3) is 0.273. The van der Waals surface area contributed by atoms with Gasteiger partial charge in [-0.1, -0.05) is 72.0 Å². The summed E-state index contributed by atoms with van der Waals surface area (Å²) < 4.78 is 0. The van der Waals surface area contributed by atoms with Crippen LogP contribution in [0.15, 0.2) is 76.8 Å². The summed E-state index contributed by atoms with van der Waals surface area (Å²) in [5, 5.41) is 2.18. The van der Waals surface area contributed by atoms with E-state index in [1.807, 2.05) is 0 Å². The topological polar surface area (TPSA) is 0 Å². The molecule has 0 N–H and O–H groups in total. The van der Waals surface area contributed by atoms with Crippen LogP contribution in [0.3, 0.4) is 0 Å². The zero-order valence-corrected chi connectivity index (χ0v) is 16.1. The molecule has 0 heterocycles. The third kappa shape index (κ3) is 6.11. The summed E-state index contributed by atoms with van der Waals surface area (Å²) in [6, 6.07) is 8.49. The van der Waals surface area contributed by atoms with E-state index in [-0.39, 0.29) is 0 Å². The molecule has 0 aromatic heterocycles. The van der Waals surface area contributed by atoms with Gasteiger partial charge in [-0.2, -0.15) is 0 Å². The molecule has 0 saturated heterocycles. The van der Waals surface area contributed by atoms with Gasteiger partial charge in [-0.25, -0.2) is 0 Å². The number of rotatable bonds is 6. The Morgan fingerprint density at radius 1 is 0.913 bits per heavy atom. The normalized spacial score (nSPS) is 12.1. The van der Waals surface area contributed by atoms with Crippen molar-refractivity contribution in [3.63, 3.8) is 0 Å². The first-order chi connectivity index (χ1) is 10.7. The number of thioether (sulfide) groups is 1. The molecule has 1 aromatic carbocycles. The Morgan fingerprint density at radius 3 is 1.96 bits per heavy atom. The molecule has 0 nitrogen and oxygen atoms in total. The van der Waals surface area contributed by atoms with E-state index in [0.717, 1.165) is 10.5 Å². The van der Waals surface area contributed by atoms with E-state index >= 15 is 0 Å². The first-order valence-corrected chi connectivity index (χ1v) is 8.71. The van der Waals surface area contributed by atoms with Crippen molar-refractivity contribution in [1.82, 2.24) is 0 Å². The van der Waals surface area contributed by atoms with Crippen LogP contribution in [-0.2, 0) is 0 Å². The minimum atomic E-state index is 1.07. The van der Waals surface area contributed by atoms with Gasteiger partial charge < -0.3 is 0 Å². The Hall–Kier alpha value is -1.73. The molecule has 1 heteroatoms. The number of benzene rings is 1. The van der Waals surface area contributed by atoms with Gasteiger partial charge in [0.25, 0.3) is 0 Å². The van der Waals surface area contributed by atoms with Crippen LogP contribution in [0.25, 0.3) is 4.91 Å². The minimum Gasteiger partial charge on any atom is -0.0978 e. The number of hydrogen-bond acceptors (Lipinski definition) is 1. The smallest absolute Gasteiger partial charge is 0.0116 e. The maximum atomic E-state index is 4.18. The maximum absolute atomic E-state index is 4.18.